The van der Waals surface area contributed by atoms with Crippen molar-refractivity contribution in [1.82, 2.24) is 5.32 Å². The van der Waals surface area contributed by atoms with E-state index in [4.69, 9.17) is 4.74 Å². The quantitative estimate of drug-likeness (QED) is 0.607. The average Bonchev–Trinajstić information content (AvgIpc) is 2.68. The molecule has 0 aromatic heterocycles. The average molecular weight is 397 g/mol. The van der Waals surface area contributed by atoms with Crippen LogP contribution in [-0.4, -0.2) is 25.5 Å². The molecule has 2 aromatic carbocycles. The van der Waals surface area contributed by atoms with Crippen molar-refractivity contribution in [3.63, 3.8) is 0 Å². The number of hydrogen-bond donors (Lipinski definition) is 2. The molecule has 0 spiro atoms. The zero-order valence-electron chi connectivity index (χ0n) is 18.0. The van der Waals surface area contributed by atoms with E-state index in [1.54, 1.807) is 7.11 Å². The van der Waals surface area contributed by atoms with Crippen molar-refractivity contribution in [3.8, 4) is 5.75 Å². The largest absolute Gasteiger partial charge is 0.497 e. The van der Waals surface area contributed by atoms with Gasteiger partial charge in [0.05, 0.1) is 7.11 Å². The lowest BCUT2D eigenvalue weighted by Gasteiger charge is -2.20. The van der Waals surface area contributed by atoms with Crippen LogP contribution in [-0.2, 0) is 16.0 Å². The molecule has 0 aliphatic rings. The number of methoxy groups -OCH3 is 1. The van der Waals surface area contributed by atoms with E-state index >= 15 is 0 Å². The number of anilines is 1. The fraction of sp³-hybridized carbons (Fsp3) is 0.417. The van der Waals surface area contributed by atoms with E-state index in [0.717, 1.165) is 28.1 Å². The first-order chi connectivity index (χ1) is 13.8. The van der Waals surface area contributed by atoms with Crippen LogP contribution in [0.15, 0.2) is 42.5 Å². The summed E-state index contributed by atoms with van der Waals surface area (Å²) in [5, 5.41) is 5.80. The van der Waals surface area contributed by atoms with Crippen LogP contribution < -0.4 is 15.4 Å². The summed E-state index contributed by atoms with van der Waals surface area (Å²) in [6, 6.07) is 13.8. The summed E-state index contributed by atoms with van der Waals surface area (Å²) < 4.78 is 5.14. The number of hydrogen-bond acceptors (Lipinski definition) is 3. The Labute approximate surface area is 173 Å². The van der Waals surface area contributed by atoms with E-state index in [2.05, 4.69) is 38.3 Å². The molecule has 2 amide bonds. The zero-order valence-corrected chi connectivity index (χ0v) is 18.0. The fourth-order valence-corrected chi connectivity index (χ4v) is 3.23. The Hall–Kier alpha value is -2.82. The van der Waals surface area contributed by atoms with Gasteiger partial charge in [-0.15, -0.1) is 0 Å². The lowest BCUT2D eigenvalue weighted by atomic mass is 9.92. The first-order valence-corrected chi connectivity index (χ1v) is 10.1. The van der Waals surface area contributed by atoms with E-state index in [9.17, 15) is 9.59 Å². The van der Waals surface area contributed by atoms with Crippen molar-refractivity contribution in [2.45, 2.75) is 52.4 Å². The highest BCUT2D eigenvalue weighted by Crippen LogP contribution is 2.32. The molecule has 0 saturated carbocycles. The maximum Gasteiger partial charge on any atom is 0.233 e. The standard InChI is InChI=1S/C24H32N2O3/c1-16(2)20-7-6-8-21(17(3)4)24(20)26-23(28)15-22(27)25-14-13-18-9-11-19(29-5)12-10-18/h6-12,16-17H,13-15H2,1-5H3,(H,25,27)(H,26,28). The number of rotatable bonds is 9. The van der Waals surface area contributed by atoms with Crippen LogP contribution in [0.5, 0.6) is 5.75 Å². The summed E-state index contributed by atoms with van der Waals surface area (Å²) in [6.45, 7) is 8.88. The van der Waals surface area contributed by atoms with E-state index in [-0.39, 0.29) is 30.1 Å². The number of benzene rings is 2. The molecule has 2 N–H and O–H groups in total. The SMILES string of the molecule is COc1ccc(CCNC(=O)CC(=O)Nc2c(C(C)C)cccc2C(C)C)cc1. The Morgan fingerprint density at radius 1 is 0.897 bits per heavy atom. The number of ether oxygens (including phenoxy) is 1. The first kappa shape index (κ1) is 22.5. The summed E-state index contributed by atoms with van der Waals surface area (Å²) >= 11 is 0. The van der Waals surface area contributed by atoms with Gasteiger partial charge in [0.1, 0.15) is 12.2 Å². The van der Waals surface area contributed by atoms with Crippen molar-refractivity contribution >= 4 is 17.5 Å². The third-order valence-corrected chi connectivity index (χ3v) is 4.85. The molecule has 0 fully saturated rings. The maximum absolute atomic E-state index is 12.5. The van der Waals surface area contributed by atoms with Gasteiger partial charge in [-0.25, -0.2) is 0 Å². The molecule has 0 radical (unpaired) electrons. The minimum atomic E-state index is -0.290. The number of nitrogens with one attached hydrogen (secondary N) is 2. The van der Waals surface area contributed by atoms with Gasteiger partial charge in [0.2, 0.25) is 11.8 Å². The van der Waals surface area contributed by atoms with Gasteiger partial charge in [0.25, 0.3) is 0 Å². The molecule has 0 bridgehead atoms. The first-order valence-electron chi connectivity index (χ1n) is 10.1. The van der Waals surface area contributed by atoms with Crippen molar-refractivity contribution in [1.29, 1.82) is 0 Å². The van der Waals surface area contributed by atoms with Gasteiger partial charge in [-0.2, -0.15) is 0 Å². The van der Waals surface area contributed by atoms with E-state index in [1.165, 1.54) is 0 Å². The molecule has 0 atom stereocenters. The van der Waals surface area contributed by atoms with Crippen LogP contribution in [0.4, 0.5) is 5.69 Å². The highest BCUT2D eigenvalue weighted by atomic mass is 16.5. The third kappa shape index (κ3) is 6.63. The molecular weight excluding hydrogens is 364 g/mol. The summed E-state index contributed by atoms with van der Waals surface area (Å²) in [7, 11) is 1.63. The number of amides is 2. The minimum Gasteiger partial charge on any atom is -0.497 e. The lowest BCUT2D eigenvalue weighted by Crippen LogP contribution is -2.30. The van der Waals surface area contributed by atoms with Gasteiger partial charge in [-0.05, 0) is 47.1 Å². The van der Waals surface area contributed by atoms with Crippen LogP contribution in [0.2, 0.25) is 0 Å². The Bertz CT molecular complexity index is 800. The molecule has 0 aliphatic carbocycles. The second-order valence-corrected chi connectivity index (χ2v) is 7.79. The molecule has 0 saturated heterocycles. The predicted octanol–water partition coefficient (Wildman–Crippen LogP) is 4.63. The van der Waals surface area contributed by atoms with E-state index in [1.807, 2.05) is 42.5 Å². The molecule has 5 heteroatoms. The highest BCUT2D eigenvalue weighted by Gasteiger charge is 2.17. The number of carbonyl (C=O) groups is 2. The topological polar surface area (TPSA) is 67.4 Å². The highest BCUT2D eigenvalue weighted by molar-refractivity contribution is 6.04. The Morgan fingerprint density at radius 3 is 2.00 bits per heavy atom. The van der Waals surface area contributed by atoms with E-state index < -0.39 is 0 Å². The smallest absolute Gasteiger partial charge is 0.233 e. The molecule has 156 valence electrons. The van der Waals surface area contributed by atoms with E-state index in [0.29, 0.717) is 13.0 Å². The van der Waals surface area contributed by atoms with Crippen LogP contribution in [0, 0.1) is 0 Å². The Balaban J connectivity index is 1.91. The molecule has 5 nitrogen and oxygen atoms in total. The van der Waals surface area contributed by atoms with Crippen LogP contribution >= 0.6 is 0 Å². The summed E-state index contributed by atoms with van der Waals surface area (Å²) in [4.78, 5) is 24.7. The summed E-state index contributed by atoms with van der Waals surface area (Å²) in [5.41, 5.74) is 4.12. The number of para-hydroxylation sites is 1. The Morgan fingerprint density at radius 2 is 1.48 bits per heavy atom. The van der Waals surface area contributed by atoms with Gasteiger partial charge in [-0.3, -0.25) is 9.59 Å². The van der Waals surface area contributed by atoms with Gasteiger partial charge >= 0.3 is 0 Å². The van der Waals surface area contributed by atoms with Gasteiger partial charge in [0, 0.05) is 12.2 Å². The Kier molecular flexibility index (Phi) is 8.25. The molecule has 0 heterocycles. The van der Waals surface area contributed by atoms with Gasteiger partial charge in [0.15, 0.2) is 0 Å². The lowest BCUT2D eigenvalue weighted by molar-refractivity contribution is -0.126. The van der Waals surface area contributed by atoms with Crippen LogP contribution in [0.3, 0.4) is 0 Å². The zero-order chi connectivity index (χ0) is 21.4. The normalized spacial score (nSPS) is 10.9. The molecule has 0 aliphatic heterocycles. The molecule has 2 aromatic rings. The number of carbonyl (C=O) groups excluding carboxylic acids is 2. The minimum absolute atomic E-state index is 0.188. The maximum atomic E-state index is 12.5. The summed E-state index contributed by atoms with van der Waals surface area (Å²) in [6.07, 6.45) is 0.512. The van der Waals surface area contributed by atoms with Gasteiger partial charge < -0.3 is 15.4 Å². The second-order valence-electron chi connectivity index (χ2n) is 7.79. The molecular formula is C24H32N2O3. The molecule has 2 rings (SSSR count). The molecule has 29 heavy (non-hydrogen) atoms. The van der Waals surface area contributed by atoms with Crippen molar-refractivity contribution in [2.24, 2.45) is 0 Å². The van der Waals surface area contributed by atoms with Crippen molar-refractivity contribution < 1.29 is 14.3 Å². The van der Waals surface area contributed by atoms with Crippen LogP contribution in [0.1, 0.15) is 62.6 Å². The second kappa shape index (κ2) is 10.6. The molecule has 0 unspecified atom stereocenters. The van der Waals surface area contributed by atoms with Crippen LogP contribution in [0.25, 0.3) is 0 Å². The fourth-order valence-electron chi connectivity index (χ4n) is 3.23. The monoisotopic (exact) mass is 396 g/mol. The predicted molar refractivity (Wildman–Crippen MR) is 118 cm³/mol. The summed E-state index contributed by atoms with van der Waals surface area (Å²) in [5.74, 6) is 0.799. The van der Waals surface area contributed by atoms with Crippen molar-refractivity contribution in [2.75, 3.05) is 19.0 Å². The third-order valence-electron chi connectivity index (χ3n) is 4.85. The van der Waals surface area contributed by atoms with Gasteiger partial charge in [-0.1, -0.05) is 58.0 Å². The van der Waals surface area contributed by atoms with Crippen molar-refractivity contribution in [3.05, 3.63) is 59.2 Å².